The molecule has 120 valence electrons. The highest BCUT2D eigenvalue weighted by Gasteiger charge is 2.33. The molecule has 1 aliphatic heterocycles. The molecule has 1 saturated heterocycles. The van der Waals surface area contributed by atoms with Gasteiger partial charge in [0, 0.05) is 31.1 Å². The van der Waals surface area contributed by atoms with Crippen LogP contribution in [0.25, 0.3) is 0 Å². The van der Waals surface area contributed by atoms with Gasteiger partial charge in [-0.25, -0.2) is 4.39 Å². The van der Waals surface area contributed by atoms with Crippen LogP contribution in [0.2, 0.25) is 0 Å². The molecule has 0 unspecified atom stereocenters. The second-order valence-corrected chi connectivity index (χ2v) is 5.73. The van der Waals surface area contributed by atoms with Gasteiger partial charge in [0.2, 0.25) is 0 Å². The molecule has 0 aliphatic carbocycles. The van der Waals surface area contributed by atoms with Gasteiger partial charge in [-0.05, 0) is 17.7 Å². The molecule has 0 saturated carbocycles. The predicted molar refractivity (Wildman–Crippen MR) is 85.6 cm³/mol. The molecule has 1 aliphatic rings. The van der Waals surface area contributed by atoms with Gasteiger partial charge in [-0.3, -0.25) is 4.79 Å². The van der Waals surface area contributed by atoms with Crippen molar-refractivity contribution >= 4 is 5.91 Å². The van der Waals surface area contributed by atoms with Crippen molar-refractivity contribution in [2.24, 2.45) is 5.73 Å². The number of nitrogens with zero attached hydrogens (tertiary/aromatic N) is 1. The zero-order chi connectivity index (χ0) is 16.2. The molecule has 2 aromatic rings. The lowest BCUT2D eigenvalue weighted by Gasteiger charge is -2.17. The van der Waals surface area contributed by atoms with Crippen molar-refractivity contribution in [1.82, 2.24) is 4.90 Å². The number of hydrogen-bond donors (Lipinski definition) is 1. The van der Waals surface area contributed by atoms with E-state index in [1.54, 1.807) is 17.0 Å². The first-order chi connectivity index (χ1) is 11.1. The average Bonchev–Trinajstić information content (AvgIpc) is 2.95. The van der Waals surface area contributed by atoms with E-state index in [9.17, 15) is 9.18 Å². The fourth-order valence-electron chi connectivity index (χ4n) is 2.88. The lowest BCUT2D eigenvalue weighted by atomic mass is 9.95. The minimum Gasteiger partial charge on any atom is -0.484 e. The third kappa shape index (κ3) is 3.68. The van der Waals surface area contributed by atoms with E-state index in [0.29, 0.717) is 18.8 Å². The Labute approximate surface area is 134 Å². The topological polar surface area (TPSA) is 55.6 Å². The van der Waals surface area contributed by atoms with Crippen LogP contribution in [0, 0.1) is 5.82 Å². The monoisotopic (exact) mass is 314 g/mol. The number of amides is 1. The highest BCUT2D eigenvalue weighted by Crippen LogP contribution is 2.26. The molecular weight excluding hydrogens is 295 g/mol. The van der Waals surface area contributed by atoms with Crippen molar-refractivity contribution in [2.45, 2.75) is 12.0 Å². The maximum Gasteiger partial charge on any atom is 0.260 e. The molecular formula is C18H19FN2O2. The van der Waals surface area contributed by atoms with E-state index in [4.69, 9.17) is 10.5 Å². The zero-order valence-corrected chi connectivity index (χ0v) is 12.7. The van der Waals surface area contributed by atoms with Crippen molar-refractivity contribution < 1.29 is 13.9 Å². The summed E-state index contributed by atoms with van der Waals surface area (Å²) in [5.41, 5.74) is 7.32. The zero-order valence-electron chi connectivity index (χ0n) is 12.7. The van der Waals surface area contributed by atoms with E-state index in [1.165, 1.54) is 12.1 Å². The summed E-state index contributed by atoms with van der Waals surface area (Å²) < 4.78 is 18.5. The minimum atomic E-state index is -0.387. The second kappa shape index (κ2) is 6.79. The van der Waals surface area contributed by atoms with Gasteiger partial charge in [-0.15, -0.1) is 0 Å². The number of likely N-dealkylation sites (tertiary alicyclic amines) is 1. The number of carbonyl (C=O) groups excluding carboxylic acids is 1. The van der Waals surface area contributed by atoms with Crippen molar-refractivity contribution in [3.05, 3.63) is 66.0 Å². The summed E-state index contributed by atoms with van der Waals surface area (Å²) in [7, 11) is 0. The van der Waals surface area contributed by atoms with Gasteiger partial charge in [0.15, 0.2) is 6.61 Å². The Morgan fingerprint density at radius 3 is 2.70 bits per heavy atom. The van der Waals surface area contributed by atoms with Crippen molar-refractivity contribution in [2.75, 3.05) is 19.7 Å². The molecule has 1 fully saturated rings. The summed E-state index contributed by atoms with van der Waals surface area (Å²) in [5, 5.41) is 0. The number of benzene rings is 2. The number of hydrogen-bond acceptors (Lipinski definition) is 3. The van der Waals surface area contributed by atoms with E-state index < -0.39 is 0 Å². The number of ether oxygens (including phenoxy) is 1. The van der Waals surface area contributed by atoms with Crippen LogP contribution >= 0.6 is 0 Å². The second-order valence-electron chi connectivity index (χ2n) is 5.73. The third-order valence-corrected chi connectivity index (χ3v) is 4.10. The van der Waals surface area contributed by atoms with E-state index in [-0.39, 0.29) is 30.3 Å². The molecule has 0 aromatic heterocycles. The molecule has 0 radical (unpaired) electrons. The Hall–Kier alpha value is -2.40. The van der Waals surface area contributed by atoms with Crippen molar-refractivity contribution in [3.63, 3.8) is 0 Å². The number of carbonyl (C=O) groups is 1. The number of nitrogens with two attached hydrogens (primary N) is 1. The van der Waals surface area contributed by atoms with Crippen LogP contribution in [0.3, 0.4) is 0 Å². The molecule has 23 heavy (non-hydrogen) atoms. The van der Waals surface area contributed by atoms with Gasteiger partial charge >= 0.3 is 0 Å². The normalized spacial score (nSPS) is 20.5. The summed E-state index contributed by atoms with van der Waals surface area (Å²) in [6, 6.07) is 15.6. The van der Waals surface area contributed by atoms with E-state index in [1.807, 2.05) is 30.3 Å². The number of rotatable bonds is 4. The quantitative estimate of drug-likeness (QED) is 0.941. The molecule has 3 rings (SSSR count). The lowest BCUT2D eigenvalue weighted by molar-refractivity contribution is -0.132. The van der Waals surface area contributed by atoms with Gasteiger partial charge in [0.25, 0.3) is 5.91 Å². The highest BCUT2D eigenvalue weighted by molar-refractivity contribution is 5.78. The molecule has 2 aromatic carbocycles. The summed E-state index contributed by atoms with van der Waals surface area (Å²) >= 11 is 0. The van der Waals surface area contributed by atoms with Crippen LogP contribution in [0.5, 0.6) is 5.75 Å². The van der Waals surface area contributed by atoms with Gasteiger partial charge in [-0.1, -0.05) is 36.4 Å². The van der Waals surface area contributed by atoms with Crippen molar-refractivity contribution in [3.8, 4) is 5.75 Å². The van der Waals surface area contributed by atoms with Crippen LogP contribution < -0.4 is 10.5 Å². The average molecular weight is 314 g/mol. The Kier molecular flexibility index (Phi) is 4.57. The summed E-state index contributed by atoms with van der Waals surface area (Å²) in [6.45, 7) is 0.971. The molecule has 0 bridgehead atoms. The molecule has 0 spiro atoms. The molecule has 5 heteroatoms. The van der Waals surface area contributed by atoms with Crippen LogP contribution in [0.4, 0.5) is 4.39 Å². The van der Waals surface area contributed by atoms with Gasteiger partial charge < -0.3 is 15.4 Å². The number of halogens is 1. The third-order valence-electron chi connectivity index (χ3n) is 4.10. The molecule has 4 nitrogen and oxygen atoms in total. The van der Waals surface area contributed by atoms with Gasteiger partial charge in [-0.2, -0.15) is 0 Å². The first-order valence-electron chi connectivity index (χ1n) is 7.60. The van der Waals surface area contributed by atoms with E-state index >= 15 is 0 Å². The molecule has 1 amide bonds. The van der Waals surface area contributed by atoms with Crippen LogP contribution in [-0.2, 0) is 4.79 Å². The summed E-state index contributed by atoms with van der Waals surface area (Å²) in [4.78, 5) is 14.0. The minimum absolute atomic E-state index is 0.0875. The standard InChI is InChI=1S/C18H19FN2O2/c19-14-7-4-8-15(9-14)23-12-18(22)21-10-16(17(20)11-21)13-5-2-1-3-6-13/h1-9,16-17H,10-12,20H2/t16-,17+/m0/s1. The summed E-state index contributed by atoms with van der Waals surface area (Å²) in [6.07, 6.45) is 0. The lowest BCUT2D eigenvalue weighted by Crippen LogP contribution is -2.35. The Balaban J connectivity index is 1.58. The van der Waals surface area contributed by atoms with E-state index in [2.05, 4.69) is 0 Å². The van der Waals surface area contributed by atoms with Crippen LogP contribution in [0.1, 0.15) is 11.5 Å². The molecule has 2 atom stereocenters. The fourth-order valence-corrected chi connectivity index (χ4v) is 2.88. The van der Waals surface area contributed by atoms with Gasteiger partial charge in [0.1, 0.15) is 11.6 Å². The SMILES string of the molecule is N[C@@H]1CN(C(=O)COc2cccc(F)c2)C[C@H]1c1ccccc1. The molecule has 1 heterocycles. The maximum atomic E-state index is 13.1. The largest absolute Gasteiger partial charge is 0.484 e. The fraction of sp³-hybridized carbons (Fsp3) is 0.278. The Morgan fingerprint density at radius 1 is 1.17 bits per heavy atom. The maximum absolute atomic E-state index is 13.1. The predicted octanol–water partition coefficient (Wildman–Crippen LogP) is 2.16. The van der Waals surface area contributed by atoms with Gasteiger partial charge in [0.05, 0.1) is 0 Å². The first kappa shape index (κ1) is 15.5. The van der Waals surface area contributed by atoms with Crippen molar-refractivity contribution in [1.29, 1.82) is 0 Å². The highest BCUT2D eigenvalue weighted by atomic mass is 19.1. The smallest absolute Gasteiger partial charge is 0.260 e. The van der Waals surface area contributed by atoms with Crippen LogP contribution in [-0.4, -0.2) is 36.5 Å². The Morgan fingerprint density at radius 2 is 1.96 bits per heavy atom. The Bertz CT molecular complexity index is 678. The van der Waals surface area contributed by atoms with Crippen LogP contribution in [0.15, 0.2) is 54.6 Å². The first-order valence-corrected chi connectivity index (χ1v) is 7.60. The summed E-state index contributed by atoms with van der Waals surface area (Å²) in [5.74, 6) is -0.0406. The van der Waals surface area contributed by atoms with E-state index in [0.717, 1.165) is 5.56 Å². The molecule has 2 N–H and O–H groups in total.